The van der Waals surface area contributed by atoms with Crippen molar-refractivity contribution in [2.75, 3.05) is 20.3 Å². The van der Waals surface area contributed by atoms with Gasteiger partial charge in [-0.3, -0.25) is 14.3 Å². The summed E-state index contributed by atoms with van der Waals surface area (Å²) in [5.74, 6) is 0.0486. The number of hydrogen-bond donors (Lipinski definition) is 2. The Hall–Kier alpha value is -1.81. The monoisotopic (exact) mass is 342 g/mol. The second-order valence-electron chi connectivity index (χ2n) is 5.67. The molecule has 0 spiro atoms. The average molecular weight is 342 g/mol. The highest BCUT2D eigenvalue weighted by molar-refractivity contribution is 5.75. The molecule has 1 aliphatic rings. The Balaban J connectivity index is 2.16. The number of ether oxygens (including phenoxy) is 3. The van der Waals surface area contributed by atoms with Gasteiger partial charge in [-0.05, 0) is 13.3 Å². The van der Waals surface area contributed by atoms with Crippen molar-refractivity contribution < 1.29 is 24.1 Å². The van der Waals surface area contributed by atoms with Crippen molar-refractivity contribution >= 4 is 5.78 Å². The molecule has 0 amide bonds. The molecule has 0 radical (unpaired) electrons. The summed E-state index contributed by atoms with van der Waals surface area (Å²) in [5, 5.41) is 10.4. The number of aromatic nitrogens is 2. The zero-order valence-corrected chi connectivity index (χ0v) is 13.6. The fourth-order valence-corrected chi connectivity index (χ4v) is 2.59. The van der Waals surface area contributed by atoms with Crippen LogP contribution in [0.2, 0.25) is 0 Å². The van der Waals surface area contributed by atoms with Gasteiger partial charge in [0.1, 0.15) is 24.1 Å². The summed E-state index contributed by atoms with van der Waals surface area (Å²) >= 11 is 0. The number of nitrogens with zero attached hydrogens (tertiary/aromatic N) is 1. The average Bonchev–Trinajstić information content (AvgIpc) is 2.81. The number of H-pyrrole nitrogens is 1. The van der Waals surface area contributed by atoms with Crippen molar-refractivity contribution in [3.05, 3.63) is 33.1 Å². The minimum absolute atomic E-state index is 0.0486. The van der Waals surface area contributed by atoms with Crippen molar-refractivity contribution in [1.29, 1.82) is 0 Å². The van der Waals surface area contributed by atoms with Gasteiger partial charge in [-0.2, -0.15) is 0 Å². The molecule has 1 aliphatic heterocycles. The topological polar surface area (TPSA) is 120 Å². The van der Waals surface area contributed by atoms with Crippen LogP contribution in [0.1, 0.15) is 26.0 Å². The third kappa shape index (κ3) is 4.38. The molecule has 2 rings (SSSR count). The van der Waals surface area contributed by atoms with Crippen LogP contribution in [-0.4, -0.2) is 59.1 Å². The second-order valence-corrected chi connectivity index (χ2v) is 5.67. The molecule has 0 bridgehead atoms. The Bertz CT molecular complexity index is 668. The smallest absolute Gasteiger partial charge is 0.330 e. The fourth-order valence-electron chi connectivity index (χ4n) is 2.59. The Morgan fingerprint density at radius 2 is 2.21 bits per heavy atom. The van der Waals surface area contributed by atoms with Gasteiger partial charge in [0.15, 0.2) is 6.23 Å². The largest absolute Gasteiger partial charge is 0.387 e. The summed E-state index contributed by atoms with van der Waals surface area (Å²) in [6, 6.07) is 1.19. The number of aliphatic hydroxyl groups excluding tert-OH is 1. The third-order valence-corrected chi connectivity index (χ3v) is 3.75. The molecular formula is C15H22N2O7. The van der Waals surface area contributed by atoms with E-state index in [1.165, 1.54) is 26.3 Å². The van der Waals surface area contributed by atoms with Gasteiger partial charge in [0.2, 0.25) is 0 Å². The van der Waals surface area contributed by atoms with E-state index < -0.39 is 35.8 Å². The quantitative estimate of drug-likeness (QED) is 0.593. The Labute approximate surface area is 138 Å². The predicted octanol–water partition coefficient (Wildman–Crippen LogP) is -0.804. The standard InChI is InChI=1S/C15H22N2O7/c1-9(18)4-3-7-23-13-12(20)10(8-22-2)24-14(13)17-6-5-11(19)16-15(17)21/h5-6,10,12-14,20H,3-4,7-8H2,1-2H3,(H,16,19,21). The molecule has 0 aromatic carbocycles. The normalized spacial score (nSPS) is 26.6. The maximum absolute atomic E-state index is 12.0. The lowest BCUT2D eigenvalue weighted by Crippen LogP contribution is -2.39. The number of Topliss-reactive ketones (excluding diaryl/α,β-unsaturated/α-hetero) is 1. The summed E-state index contributed by atoms with van der Waals surface area (Å²) in [6.07, 6.45) is -1.24. The van der Waals surface area contributed by atoms with Gasteiger partial charge in [-0.15, -0.1) is 0 Å². The highest BCUT2D eigenvalue weighted by Gasteiger charge is 2.45. The van der Waals surface area contributed by atoms with E-state index in [-0.39, 0.29) is 19.0 Å². The minimum atomic E-state index is -1.01. The van der Waals surface area contributed by atoms with Crippen LogP contribution < -0.4 is 11.2 Å². The van der Waals surface area contributed by atoms with Crippen molar-refractivity contribution in [2.45, 2.75) is 44.3 Å². The maximum Gasteiger partial charge on any atom is 0.330 e. The number of aliphatic hydroxyl groups is 1. The zero-order valence-electron chi connectivity index (χ0n) is 13.6. The first kappa shape index (κ1) is 18.5. The lowest BCUT2D eigenvalue weighted by atomic mass is 10.1. The molecule has 24 heavy (non-hydrogen) atoms. The van der Waals surface area contributed by atoms with Crippen LogP contribution in [0.3, 0.4) is 0 Å². The SMILES string of the molecule is COCC1OC(n2ccc(=O)[nH]c2=O)C(OCCCC(C)=O)C1O. The molecule has 1 aromatic rings. The first-order valence-electron chi connectivity index (χ1n) is 7.69. The van der Waals surface area contributed by atoms with Crippen LogP contribution >= 0.6 is 0 Å². The van der Waals surface area contributed by atoms with E-state index in [1.54, 1.807) is 0 Å². The Morgan fingerprint density at radius 1 is 1.46 bits per heavy atom. The number of carbonyl (C=O) groups excluding carboxylic acids is 1. The highest BCUT2D eigenvalue weighted by Crippen LogP contribution is 2.31. The summed E-state index contributed by atoms with van der Waals surface area (Å²) in [7, 11) is 1.47. The molecule has 2 heterocycles. The van der Waals surface area contributed by atoms with Crippen molar-refractivity contribution in [2.24, 2.45) is 0 Å². The molecule has 0 saturated carbocycles. The number of ketones is 1. The van der Waals surface area contributed by atoms with Gasteiger partial charge < -0.3 is 24.1 Å². The lowest BCUT2D eigenvalue weighted by molar-refractivity contribution is -0.117. The van der Waals surface area contributed by atoms with E-state index in [9.17, 15) is 19.5 Å². The number of hydrogen-bond acceptors (Lipinski definition) is 7. The van der Waals surface area contributed by atoms with E-state index in [4.69, 9.17) is 14.2 Å². The van der Waals surface area contributed by atoms with Crippen LogP contribution in [-0.2, 0) is 19.0 Å². The van der Waals surface area contributed by atoms with Crippen LogP contribution in [0.4, 0.5) is 0 Å². The van der Waals surface area contributed by atoms with Crippen molar-refractivity contribution in [1.82, 2.24) is 9.55 Å². The van der Waals surface area contributed by atoms with Gasteiger partial charge in [-0.1, -0.05) is 0 Å². The number of rotatable bonds is 8. The van der Waals surface area contributed by atoms with Crippen LogP contribution in [0, 0.1) is 0 Å². The number of carbonyl (C=O) groups is 1. The molecular weight excluding hydrogens is 320 g/mol. The molecule has 134 valence electrons. The number of nitrogens with one attached hydrogen (secondary N) is 1. The molecule has 9 nitrogen and oxygen atoms in total. The first-order valence-corrected chi connectivity index (χ1v) is 7.69. The van der Waals surface area contributed by atoms with Crippen LogP contribution in [0.15, 0.2) is 21.9 Å². The molecule has 1 aromatic heterocycles. The van der Waals surface area contributed by atoms with Crippen LogP contribution in [0.5, 0.6) is 0 Å². The second kappa shape index (κ2) is 8.34. The van der Waals surface area contributed by atoms with Gasteiger partial charge in [0, 0.05) is 32.4 Å². The fraction of sp³-hybridized carbons (Fsp3) is 0.667. The predicted molar refractivity (Wildman–Crippen MR) is 82.8 cm³/mol. The molecule has 0 aliphatic carbocycles. The number of methoxy groups -OCH3 is 1. The minimum Gasteiger partial charge on any atom is -0.387 e. The summed E-state index contributed by atoms with van der Waals surface area (Å²) < 4.78 is 17.5. The van der Waals surface area contributed by atoms with E-state index in [1.807, 2.05) is 0 Å². The summed E-state index contributed by atoms with van der Waals surface area (Å²) in [5.41, 5.74) is -1.18. The Kier molecular flexibility index (Phi) is 6.44. The van der Waals surface area contributed by atoms with Crippen molar-refractivity contribution in [3.63, 3.8) is 0 Å². The molecule has 4 atom stereocenters. The first-order chi connectivity index (χ1) is 11.4. The van der Waals surface area contributed by atoms with Gasteiger partial charge >= 0.3 is 5.69 Å². The van der Waals surface area contributed by atoms with Gasteiger partial charge in [0.25, 0.3) is 5.56 Å². The van der Waals surface area contributed by atoms with E-state index in [2.05, 4.69) is 4.98 Å². The lowest BCUT2D eigenvalue weighted by Gasteiger charge is -2.22. The highest BCUT2D eigenvalue weighted by atomic mass is 16.6. The van der Waals surface area contributed by atoms with Crippen LogP contribution in [0.25, 0.3) is 0 Å². The molecule has 4 unspecified atom stereocenters. The van der Waals surface area contributed by atoms with Gasteiger partial charge in [0.05, 0.1) is 6.61 Å². The maximum atomic E-state index is 12.0. The Morgan fingerprint density at radius 3 is 2.83 bits per heavy atom. The third-order valence-electron chi connectivity index (χ3n) is 3.75. The molecule has 1 saturated heterocycles. The van der Waals surface area contributed by atoms with Crippen molar-refractivity contribution in [3.8, 4) is 0 Å². The van der Waals surface area contributed by atoms with E-state index in [0.717, 1.165) is 4.57 Å². The van der Waals surface area contributed by atoms with Gasteiger partial charge in [-0.25, -0.2) is 4.79 Å². The zero-order chi connectivity index (χ0) is 17.7. The molecule has 9 heteroatoms. The summed E-state index contributed by atoms with van der Waals surface area (Å²) in [6.45, 7) is 1.85. The molecule has 2 N–H and O–H groups in total. The van der Waals surface area contributed by atoms with E-state index >= 15 is 0 Å². The van der Waals surface area contributed by atoms with E-state index in [0.29, 0.717) is 12.8 Å². The number of aromatic amines is 1. The molecule has 1 fully saturated rings. The summed E-state index contributed by atoms with van der Waals surface area (Å²) in [4.78, 5) is 36.3.